The Kier molecular flexibility index (Phi) is 4.06. The number of carbonyl (C=O) groups is 2. The molecule has 1 heterocycles. The summed E-state index contributed by atoms with van der Waals surface area (Å²) in [6.45, 7) is 5.76. The molecule has 0 aromatic heterocycles. The average Bonchev–Trinajstić information content (AvgIpc) is 2.53. The minimum absolute atomic E-state index is 0.00796. The lowest BCUT2D eigenvalue weighted by Crippen LogP contribution is -2.47. The predicted molar refractivity (Wildman–Crippen MR) is 74.9 cm³/mol. The highest BCUT2D eigenvalue weighted by molar-refractivity contribution is 6.01. The Balaban J connectivity index is 2.35. The van der Waals surface area contributed by atoms with E-state index in [-0.39, 0.29) is 30.0 Å². The summed E-state index contributed by atoms with van der Waals surface area (Å²) in [6.07, 6.45) is 0.255. The third kappa shape index (κ3) is 2.81. The lowest BCUT2D eigenvalue weighted by molar-refractivity contribution is -0.126. The van der Waals surface area contributed by atoms with Gasteiger partial charge in [-0.05, 0) is 36.6 Å². The average molecular weight is 278 g/mol. The Hall–Kier alpha value is -1.91. The Morgan fingerprint density at radius 2 is 2.05 bits per heavy atom. The van der Waals surface area contributed by atoms with Gasteiger partial charge in [-0.15, -0.1) is 0 Å². The molecule has 2 amide bonds. The maximum absolute atomic E-state index is 13.3. The van der Waals surface area contributed by atoms with Gasteiger partial charge in [0.1, 0.15) is 11.9 Å². The fourth-order valence-corrected chi connectivity index (χ4v) is 2.30. The maximum atomic E-state index is 13.3. The van der Waals surface area contributed by atoms with Crippen LogP contribution in [-0.2, 0) is 9.59 Å². The number of hydrogen-bond acceptors (Lipinski definition) is 2. The summed E-state index contributed by atoms with van der Waals surface area (Å²) < 4.78 is 13.3. The molecule has 0 radical (unpaired) electrons. The summed E-state index contributed by atoms with van der Waals surface area (Å²) in [6, 6.07) is 4.03. The first-order valence-electron chi connectivity index (χ1n) is 6.77. The summed E-state index contributed by atoms with van der Waals surface area (Å²) >= 11 is 0. The van der Waals surface area contributed by atoms with Crippen molar-refractivity contribution in [1.82, 2.24) is 5.32 Å². The molecule has 1 aromatic rings. The lowest BCUT2D eigenvalue weighted by atomic mass is 10.0. The Labute approximate surface area is 118 Å². The van der Waals surface area contributed by atoms with Crippen molar-refractivity contribution in [3.63, 3.8) is 0 Å². The van der Waals surface area contributed by atoms with Crippen molar-refractivity contribution < 1.29 is 14.0 Å². The zero-order chi connectivity index (χ0) is 14.9. The molecule has 1 aliphatic rings. The van der Waals surface area contributed by atoms with Gasteiger partial charge >= 0.3 is 0 Å². The second-order valence-electron chi connectivity index (χ2n) is 5.46. The molecule has 5 heteroatoms. The summed E-state index contributed by atoms with van der Waals surface area (Å²) in [5, 5.41) is 2.75. The number of nitrogens with zero attached hydrogens (tertiary/aromatic N) is 1. The monoisotopic (exact) mass is 278 g/mol. The normalized spacial score (nSPS) is 20.1. The second-order valence-corrected chi connectivity index (χ2v) is 5.46. The summed E-state index contributed by atoms with van der Waals surface area (Å²) in [4.78, 5) is 25.8. The molecule has 1 N–H and O–H groups in total. The lowest BCUT2D eigenvalue weighted by Gasteiger charge is -2.26. The number of carbonyl (C=O) groups excluding carboxylic acids is 2. The molecule has 1 aliphatic heterocycles. The molecule has 0 saturated carbocycles. The van der Waals surface area contributed by atoms with Gasteiger partial charge in [-0.2, -0.15) is 0 Å². The molecule has 20 heavy (non-hydrogen) atoms. The highest BCUT2D eigenvalue weighted by Crippen LogP contribution is 2.22. The van der Waals surface area contributed by atoms with E-state index in [1.165, 1.54) is 6.07 Å². The Bertz CT molecular complexity index is 543. The van der Waals surface area contributed by atoms with Crippen LogP contribution < -0.4 is 10.2 Å². The van der Waals surface area contributed by atoms with Gasteiger partial charge in [0.05, 0.1) is 0 Å². The molecule has 2 rings (SSSR count). The van der Waals surface area contributed by atoms with Gasteiger partial charge in [-0.3, -0.25) is 9.59 Å². The van der Waals surface area contributed by atoms with E-state index in [4.69, 9.17) is 0 Å². The minimum atomic E-state index is -0.532. The first-order chi connectivity index (χ1) is 9.40. The van der Waals surface area contributed by atoms with Crippen LogP contribution in [0.4, 0.5) is 10.1 Å². The first-order valence-corrected chi connectivity index (χ1v) is 6.77. The van der Waals surface area contributed by atoms with Crippen LogP contribution in [0.3, 0.4) is 0 Å². The molecule has 0 spiro atoms. The Morgan fingerprint density at radius 1 is 1.35 bits per heavy atom. The van der Waals surface area contributed by atoms with Crippen LogP contribution in [0.1, 0.15) is 25.8 Å². The van der Waals surface area contributed by atoms with E-state index in [2.05, 4.69) is 5.32 Å². The van der Waals surface area contributed by atoms with Crippen LogP contribution >= 0.6 is 0 Å². The highest BCUT2D eigenvalue weighted by Gasteiger charge is 2.32. The SMILES string of the molecule is Cc1cc(N2CCC(=O)NC(C(C)C)C2=O)ccc1F. The number of benzene rings is 1. The predicted octanol–water partition coefficient (Wildman–Crippen LogP) is 2.01. The molecule has 4 nitrogen and oxygen atoms in total. The summed E-state index contributed by atoms with van der Waals surface area (Å²) in [5.41, 5.74) is 1.12. The van der Waals surface area contributed by atoms with Crippen molar-refractivity contribution in [2.45, 2.75) is 33.2 Å². The quantitative estimate of drug-likeness (QED) is 0.899. The van der Waals surface area contributed by atoms with Crippen molar-refractivity contribution >= 4 is 17.5 Å². The van der Waals surface area contributed by atoms with Gasteiger partial charge in [0.25, 0.3) is 0 Å². The van der Waals surface area contributed by atoms with Crippen molar-refractivity contribution in [1.29, 1.82) is 0 Å². The molecule has 1 atom stereocenters. The van der Waals surface area contributed by atoms with Crippen molar-refractivity contribution in [3.05, 3.63) is 29.6 Å². The molecular formula is C15H19FN2O2. The number of aryl methyl sites for hydroxylation is 1. The van der Waals surface area contributed by atoms with Crippen LogP contribution in [0.15, 0.2) is 18.2 Å². The molecule has 1 unspecified atom stereocenters. The molecule has 0 bridgehead atoms. The molecule has 108 valence electrons. The van der Waals surface area contributed by atoms with Gasteiger partial charge in [0, 0.05) is 18.7 Å². The first kappa shape index (κ1) is 14.5. The number of anilines is 1. The minimum Gasteiger partial charge on any atom is -0.344 e. The fourth-order valence-electron chi connectivity index (χ4n) is 2.30. The number of hydrogen-bond donors (Lipinski definition) is 1. The van der Waals surface area contributed by atoms with Crippen LogP contribution in [0.5, 0.6) is 0 Å². The number of amides is 2. The fraction of sp³-hybridized carbons (Fsp3) is 0.467. The van der Waals surface area contributed by atoms with E-state index in [0.717, 1.165) is 0 Å². The maximum Gasteiger partial charge on any atom is 0.249 e. The van der Waals surface area contributed by atoms with Crippen molar-refractivity contribution in [2.75, 3.05) is 11.4 Å². The third-order valence-corrected chi connectivity index (χ3v) is 3.53. The zero-order valence-electron chi connectivity index (χ0n) is 11.9. The number of rotatable bonds is 2. The molecule has 1 saturated heterocycles. The summed E-state index contributed by atoms with van der Waals surface area (Å²) in [7, 11) is 0. The number of nitrogens with one attached hydrogen (secondary N) is 1. The topological polar surface area (TPSA) is 49.4 Å². The molecule has 0 aliphatic carbocycles. The van der Waals surface area contributed by atoms with Crippen LogP contribution in [-0.4, -0.2) is 24.4 Å². The van der Waals surface area contributed by atoms with E-state index in [1.54, 1.807) is 24.0 Å². The van der Waals surface area contributed by atoms with Gasteiger partial charge in [0.15, 0.2) is 0 Å². The van der Waals surface area contributed by atoms with E-state index < -0.39 is 6.04 Å². The van der Waals surface area contributed by atoms with E-state index >= 15 is 0 Å². The second kappa shape index (κ2) is 5.61. The smallest absolute Gasteiger partial charge is 0.249 e. The van der Waals surface area contributed by atoms with Gasteiger partial charge < -0.3 is 10.2 Å². The van der Waals surface area contributed by atoms with Crippen LogP contribution in [0.25, 0.3) is 0 Å². The van der Waals surface area contributed by atoms with Gasteiger partial charge in [0.2, 0.25) is 11.8 Å². The number of halogens is 1. The highest BCUT2D eigenvalue weighted by atomic mass is 19.1. The van der Waals surface area contributed by atoms with E-state index in [9.17, 15) is 14.0 Å². The third-order valence-electron chi connectivity index (χ3n) is 3.53. The Morgan fingerprint density at radius 3 is 2.65 bits per heavy atom. The zero-order valence-corrected chi connectivity index (χ0v) is 11.9. The van der Waals surface area contributed by atoms with E-state index in [0.29, 0.717) is 17.8 Å². The standard InChI is InChI=1S/C15H19FN2O2/c1-9(2)14-15(20)18(7-6-13(19)17-14)11-4-5-12(16)10(3)8-11/h4-5,8-9,14H,6-7H2,1-3H3,(H,17,19). The van der Waals surface area contributed by atoms with Gasteiger partial charge in [-0.25, -0.2) is 4.39 Å². The molecule has 1 fully saturated rings. The van der Waals surface area contributed by atoms with Crippen molar-refractivity contribution in [3.8, 4) is 0 Å². The van der Waals surface area contributed by atoms with Crippen molar-refractivity contribution in [2.24, 2.45) is 5.92 Å². The molecular weight excluding hydrogens is 259 g/mol. The van der Waals surface area contributed by atoms with E-state index in [1.807, 2.05) is 13.8 Å². The largest absolute Gasteiger partial charge is 0.344 e. The van der Waals surface area contributed by atoms with Gasteiger partial charge in [-0.1, -0.05) is 13.8 Å². The summed E-state index contributed by atoms with van der Waals surface area (Å²) in [5.74, 6) is -0.561. The molecule has 1 aromatic carbocycles. The van der Waals surface area contributed by atoms with Crippen LogP contribution in [0.2, 0.25) is 0 Å². The van der Waals surface area contributed by atoms with Crippen LogP contribution in [0, 0.1) is 18.7 Å².